The standard InChI is InChI=1S/C17H20N4O3/c1-10-8-11(2)21(19-10)14(15-6-5-7-23-15)9-18-17(22)16-12(3)20-24-13(16)4/h5-8,14H,9H2,1-4H3,(H,18,22). The fourth-order valence-electron chi connectivity index (χ4n) is 2.83. The van der Waals surface area contributed by atoms with Crippen LogP contribution in [0.1, 0.15) is 45.0 Å². The summed E-state index contributed by atoms with van der Waals surface area (Å²) in [4.78, 5) is 12.5. The van der Waals surface area contributed by atoms with Crippen molar-refractivity contribution in [2.45, 2.75) is 33.7 Å². The fourth-order valence-corrected chi connectivity index (χ4v) is 2.83. The molecule has 0 spiro atoms. The molecule has 126 valence electrons. The molecular formula is C17H20N4O3. The number of nitrogens with zero attached hydrogens (tertiary/aromatic N) is 3. The maximum absolute atomic E-state index is 12.5. The molecule has 1 unspecified atom stereocenters. The van der Waals surface area contributed by atoms with Crippen LogP contribution >= 0.6 is 0 Å². The van der Waals surface area contributed by atoms with Gasteiger partial charge < -0.3 is 14.3 Å². The van der Waals surface area contributed by atoms with E-state index in [0.29, 0.717) is 23.6 Å². The van der Waals surface area contributed by atoms with Gasteiger partial charge >= 0.3 is 0 Å². The predicted molar refractivity (Wildman–Crippen MR) is 86.9 cm³/mol. The largest absolute Gasteiger partial charge is 0.467 e. The number of carbonyl (C=O) groups is 1. The monoisotopic (exact) mass is 328 g/mol. The maximum atomic E-state index is 12.5. The molecule has 3 aromatic heterocycles. The van der Waals surface area contributed by atoms with Crippen molar-refractivity contribution in [2.24, 2.45) is 0 Å². The molecule has 0 aliphatic carbocycles. The quantitative estimate of drug-likeness (QED) is 0.778. The summed E-state index contributed by atoms with van der Waals surface area (Å²) in [7, 11) is 0. The van der Waals surface area contributed by atoms with Crippen LogP contribution in [0.4, 0.5) is 0 Å². The first-order valence-electron chi connectivity index (χ1n) is 7.74. The Morgan fingerprint density at radius 2 is 2.12 bits per heavy atom. The first-order chi connectivity index (χ1) is 11.5. The Morgan fingerprint density at radius 1 is 1.33 bits per heavy atom. The van der Waals surface area contributed by atoms with Gasteiger partial charge in [0.2, 0.25) is 0 Å². The van der Waals surface area contributed by atoms with E-state index >= 15 is 0 Å². The number of amides is 1. The second-order valence-corrected chi connectivity index (χ2v) is 5.81. The molecule has 3 heterocycles. The van der Waals surface area contributed by atoms with E-state index in [1.807, 2.05) is 36.7 Å². The van der Waals surface area contributed by atoms with E-state index in [1.165, 1.54) is 0 Å². The lowest BCUT2D eigenvalue weighted by atomic mass is 10.1. The van der Waals surface area contributed by atoms with Crippen LogP contribution in [0, 0.1) is 27.7 Å². The van der Waals surface area contributed by atoms with Crippen molar-refractivity contribution in [3.05, 3.63) is 58.6 Å². The van der Waals surface area contributed by atoms with E-state index in [9.17, 15) is 4.79 Å². The van der Waals surface area contributed by atoms with Gasteiger partial charge in [0.1, 0.15) is 23.1 Å². The first-order valence-corrected chi connectivity index (χ1v) is 7.74. The van der Waals surface area contributed by atoms with Crippen molar-refractivity contribution in [3.8, 4) is 0 Å². The molecular weight excluding hydrogens is 308 g/mol. The summed E-state index contributed by atoms with van der Waals surface area (Å²) in [6, 6.07) is 5.47. The Balaban J connectivity index is 1.83. The Hall–Kier alpha value is -2.83. The van der Waals surface area contributed by atoms with Crippen LogP contribution in [0.5, 0.6) is 0 Å². The molecule has 0 aliphatic rings. The highest BCUT2D eigenvalue weighted by Crippen LogP contribution is 2.21. The Kier molecular flexibility index (Phi) is 4.24. The van der Waals surface area contributed by atoms with Crippen LogP contribution in [0.2, 0.25) is 0 Å². The molecule has 3 aromatic rings. The molecule has 3 rings (SSSR count). The Morgan fingerprint density at radius 3 is 2.67 bits per heavy atom. The van der Waals surface area contributed by atoms with Gasteiger partial charge in [0.05, 0.1) is 17.7 Å². The van der Waals surface area contributed by atoms with Crippen LogP contribution in [0.25, 0.3) is 0 Å². The lowest BCUT2D eigenvalue weighted by Gasteiger charge is -2.18. The third-order valence-corrected chi connectivity index (χ3v) is 3.93. The Bertz CT molecular complexity index is 826. The zero-order valence-electron chi connectivity index (χ0n) is 14.2. The summed E-state index contributed by atoms with van der Waals surface area (Å²) < 4.78 is 12.5. The third-order valence-electron chi connectivity index (χ3n) is 3.93. The van der Waals surface area contributed by atoms with Crippen LogP contribution in [0.3, 0.4) is 0 Å². The second kappa shape index (κ2) is 6.35. The van der Waals surface area contributed by atoms with Gasteiger partial charge in [-0.15, -0.1) is 0 Å². The van der Waals surface area contributed by atoms with Crippen molar-refractivity contribution >= 4 is 5.91 Å². The number of rotatable bonds is 5. The minimum atomic E-state index is -0.224. The van der Waals surface area contributed by atoms with E-state index in [-0.39, 0.29) is 11.9 Å². The van der Waals surface area contributed by atoms with Crippen molar-refractivity contribution in [1.29, 1.82) is 0 Å². The average molecular weight is 328 g/mol. The average Bonchev–Trinajstić information content (AvgIpc) is 3.23. The summed E-state index contributed by atoms with van der Waals surface area (Å²) in [5.41, 5.74) is 2.97. The topological polar surface area (TPSA) is 86.1 Å². The number of hydrogen-bond donors (Lipinski definition) is 1. The van der Waals surface area contributed by atoms with Crippen LogP contribution in [-0.2, 0) is 0 Å². The zero-order chi connectivity index (χ0) is 17.3. The molecule has 0 saturated carbocycles. The molecule has 0 aliphatic heterocycles. The normalized spacial score (nSPS) is 12.3. The Labute approximate surface area is 139 Å². The molecule has 1 atom stereocenters. The molecule has 1 N–H and O–H groups in total. The first kappa shape index (κ1) is 16.0. The van der Waals surface area contributed by atoms with Gasteiger partial charge in [-0.25, -0.2) is 0 Å². The van der Waals surface area contributed by atoms with Gasteiger partial charge in [0.15, 0.2) is 0 Å². The van der Waals surface area contributed by atoms with Crippen molar-refractivity contribution in [2.75, 3.05) is 6.54 Å². The molecule has 0 bridgehead atoms. The highest BCUT2D eigenvalue weighted by atomic mass is 16.5. The molecule has 0 radical (unpaired) electrons. The van der Waals surface area contributed by atoms with Crippen molar-refractivity contribution in [3.63, 3.8) is 0 Å². The van der Waals surface area contributed by atoms with Gasteiger partial charge in [0.25, 0.3) is 5.91 Å². The minimum Gasteiger partial charge on any atom is -0.467 e. The SMILES string of the molecule is Cc1cc(C)n(C(CNC(=O)c2c(C)noc2C)c2ccco2)n1. The summed E-state index contributed by atoms with van der Waals surface area (Å²) in [5, 5.41) is 11.3. The highest BCUT2D eigenvalue weighted by Gasteiger charge is 2.23. The minimum absolute atomic E-state index is 0.218. The van der Waals surface area contributed by atoms with Crippen molar-refractivity contribution < 1.29 is 13.7 Å². The smallest absolute Gasteiger partial charge is 0.256 e. The summed E-state index contributed by atoms with van der Waals surface area (Å²) in [6.45, 7) is 7.73. The summed E-state index contributed by atoms with van der Waals surface area (Å²) in [6.07, 6.45) is 1.62. The van der Waals surface area contributed by atoms with Gasteiger partial charge in [-0.2, -0.15) is 5.10 Å². The lowest BCUT2D eigenvalue weighted by Crippen LogP contribution is -2.32. The molecule has 7 heteroatoms. The predicted octanol–water partition coefficient (Wildman–Crippen LogP) is 2.72. The van der Waals surface area contributed by atoms with Crippen molar-refractivity contribution in [1.82, 2.24) is 20.3 Å². The van der Waals surface area contributed by atoms with Gasteiger partial charge in [0, 0.05) is 12.2 Å². The van der Waals surface area contributed by atoms with E-state index in [2.05, 4.69) is 15.6 Å². The van der Waals surface area contributed by atoms with Crippen LogP contribution in [-0.4, -0.2) is 27.4 Å². The summed E-state index contributed by atoms with van der Waals surface area (Å²) in [5.74, 6) is 1.02. The van der Waals surface area contributed by atoms with Gasteiger partial charge in [-0.1, -0.05) is 5.16 Å². The molecule has 0 aromatic carbocycles. The second-order valence-electron chi connectivity index (χ2n) is 5.81. The fraction of sp³-hybridized carbons (Fsp3) is 0.353. The molecule has 1 amide bonds. The number of hydrogen-bond acceptors (Lipinski definition) is 5. The molecule has 0 fully saturated rings. The van der Waals surface area contributed by atoms with Gasteiger partial charge in [-0.05, 0) is 45.9 Å². The van der Waals surface area contributed by atoms with E-state index in [1.54, 1.807) is 20.1 Å². The summed E-state index contributed by atoms with van der Waals surface area (Å²) >= 11 is 0. The van der Waals surface area contributed by atoms with Crippen LogP contribution in [0.15, 0.2) is 33.4 Å². The van der Waals surface area contributed by atoms with E-state index in [4.69, 9.17) is 8.94 Å². The molecule has 24 heavy (non-hydrogen) atoms. The third kappa shape index (κ3) is 2.97. The van der Waals surface area contributed by atoms with Crippen LogP contribution < -0.4 is 5.32 Å². The lowest BCUT2D eigenvalue weighted by molar-refractivity contribution is 0.0946. The number of aromatic nitrogens is 3. The number of nitrogens with one attached hydrogen (secondary N) is 1. The number of carbonyl (C=O) groups excluding carboxylic acids is 1. The maximum Gasteiger partial charge on any atom is 0.256 e. The number of furan rings is 1. The zero-order valence-corrected chi connectivity index (χ0v) is 14.2. The van der Waals surface area contributed by atoms with E-state index in [0.717, 1.165) is 17.1 Å². The van der Waals surface area contributed by atoms with E-state index < -0.39 is 0 Å². The molecule has 7 nitrogen and oxygen atoms in total. The highest BCUT2D eigenvalue weighted by molar-refractivity contribution is 5.96. The molecule has 0 saturated heterocycles. The number of aryl methyl sites for hydroxylation is 4. The van der Waals surface area contributed by atoms with Gasteiger partial charge in [-0.3, -0.25) is 9.48 Å².